The van der Waals surface area contributed by atoms with Crippen molar-refractivity contribution in [1.29, 1.82) is 0 Å². The van der Waals surface area contributed by atoms with E-state index >= 15 is 0 Å². The predicted molar refractivity (Wildman–Crippen MR) is 71.0 cm³/mol. The molecule has 0 saturated heterocycles. The zero-order chi connectivity index (χ0) is 12.8. The molecular formula is C14H10BrNO2. The number of carbonyl (C=O) groups excluding carboxylic acids is 1. The molecule has 1 amide bonds. The van der Waals surface area contributed by atoms with Crippen LogP contribution in [-0.4, -0.2) is 11.0 Å². The van der Waals surface area contributed by atoms with Gasteiger partial charge in [-0.3, -0.25) is 4.79 Å². The highest BCUT2D eigenvalue weighted by Gasteiger charge is 2.42. The molecule has 0 saturated carbocycles. The van der Waals surface area contributed by atoms with Crippen molar-refractivity contribution in [2.75, 3.05) is 0 Å². The first-order valence-electron chi connectivity index (χ1n) is 5.52. The Bertz CT molecular complexity index is 624. The Balaban J connectivity index is 2.17. The topological polar surface area (TPSA) is 49.3 Å². The van der Waals surface area contributed by atoms with E-state index < -0.39 is 5.72 Å². The van der Waals surface area contributed by atoms with E-state index in [2.05, 4.69) is 21.2 Å². The van der Waals surface area contributed by atoms with Crippen LogP contribution >= 0.6 is 15.9 Å². The van der Waals surface area contributed by atoms with Crippen molar-refractivity contribution < 1.29 is 9.90 Å². The molecular weight excluding hydrogens is 294 g/mol. The summed E-state index contributed by atoms with van der Waals surface area (Å²) < 4.78 is 0.924. The molecule has 3 rings (SSSR count). The lowest BCUT2D eigenvalue weighted by atomic mass is 9.95. The van der Waals surface area contributed by atoms with E-state index in [0.717, 1.165) is 4.47 Å². The van der Waals surface area contributed by atoms with Crippen molar-refractivity contribution in [2.45, 2.75) is 5.72 Å². The maximum absolute atomic E-state index is 11.8. The van der Waals surface area contributed by atoms with Gasteiger partial charge in [0.2, 0.25) is 0 Å². The highest BCUT2D eigenvalue weighted by Crippen LogP contribution is 2.34. The van der Waals surface area contributed by atoms with Gasteiger partial charge in [-0.05, 0) is 18.2 Å². The van der Waals surface area contributed by atoms with Gasteiger partial charge in [-0.25, -0.2) is 0 Å². The van der Waals surface area contributed by atoms with Crippen molar-refractivity contribution in [3.05, 3.63) is 69.7 Å². The van der Waals surface area contributed by atoms with E-state index in [1.165, 1.54) is 0 Å². The van der Waals surface area contributed by atoms with Gasteiger partial charge in [-0.1, -0.05) is 46.3 Å². The molecule has 0 radical (unpaired) electrons. The van der Waals surface area contributed by atoms with Crippen molar-refractivity contribution in [2.24, 2.45) is 0 Å². The molecule has 0 aromatic heterocycles. The predicted octanol–water partition coefficient (Wildman–Crippen LogP) is 2.39. The van der Waals surface area contributed by atoms with Crippen molar-refractivity contribution in [3.63, 3.8) is 0 Å². The van der Waals surface area contributed by atoms with Gasteiger partial charge in [-0.2, -0.15) is 0 Å². The van der Waals surface area contributed by atoms with Crippen LogP contribution in [0.4, 0.5) is 0 Å². The number of benzene rings is 2. The lowest BCUT2D eigenvalue weighted by Gasteiger charge is -2.24. The summed E-state index contributed by atoms with van der Waals surface area (Å²) in [7, 11) is 0. The van der Waals surface area contributed by atoms with Gasteiger partial charge in [0.15, 0.2) is 5.72 Å². The van der Waals surface area contributed by atoms with Crippen LogP contribution in [0.2, 0.25) is 0 Å². The van der Waals surface area contributed by atoms with Crippen molar-refractivity contribution >= 4 is 21.8 Å². The SMILES string of the molecule is O=C1N[C@](O)(c2ccc(Br)cc2)c2ccccc21. The average molecular weight is 304 g/mol. The Kier molecular flexibility index (Phi) is 2.50. The number of carbonyl (C=O) groups is 1. The van der Waals surface area contributed by atoms with Crippen LogP contribution < -0.4 is 5.32 Å². The Hall–Kier alpha value is -1.65. The third-order valence-electron chi connectivity index (χ3n) is 3.12. The molecule has 0 spiro atoms. The number of aliphatic hydroxyl groups is 1. The summed E-state index contributed by atoms with van der Waals surface area (Å²) in [6, 6.07) is 14.3. The number of rotatable bonds is 1. The molecule has 0 unspecified atom stereocenters. The largest absolute Gasteiger partial charge is 0.363 e. The smallest absolute Gasteiger partial charge is 0.254 e. The minimum absolute atomic E-state index is 0.254. The Labute approximate surface area is 113 Å². The van der Waals surface area contributed by atoms with Gasteiger partial charge >= 0.3 is 0 Å². The Morgan fingerprint density at radius 2 is 1.72 bits per heavy atom. The molecule has 1 aliphatic rings. The second-order valence-electron chi connectivity index (χ2n) is 4.22. The van der Waals surface area contributed by atoms with Crippen LogP contribution in [0.5, 0.6) is 0 Å². The number of hydrogen-bond acceptors (Lipinski definition) is 2. The molecule has 1 heterocycles. The van der Waals surface area contributed by atoms with E-state index in [1.807, 2.05) is 18.2 Å². The van der Waals surface area contributed by atoms with E-state index in [-0.39, 0.29) is 5.91 Å². The monoisotopic (exact) mass is 303 g/mol. The summed E-state index contributed by atoms with van der Waals surface area (Å²) in [5, 5.41) is 13.4. The quantitative estimate of drug-likeness (QED) is 0.850. The minimum atomic E-state index is -1.44. The van der Waals surface area contributed by atoms with Gasteiger partial charge < -0.3 is 10.4 Å². The van der Waals surface area contributed by atoms with E-state index in [4.69, 9.17) is 0 Å². The first-order chi connectivity index (χ1) is 8.61. The van der Waals surface area contributed by atoms with E-state index in [9.17, 15) is 9.90 Å². The van der Waals surface area contributed by atoms with Gasteiger partial charge in [0, 0.05) is 21.2 Å². The second kappa shape index (κ2) is 3.93. The molecule has 2 aromatic carbocycles. The molecule has 0 bridgehead atoms. The molecule has 4 heteroatoms. The summed E-state index contributed by atoms with van der Waals surface area (Å²) in [6.07, 6.45) is 0. The zero-order valence-electron chi connectivity index (χ0n) is 9.35. The molecule has 2 aromatic rings. The van der Waals surface area contributed by atoms with Crippen LogP contribution in [0.15, 0.2) is 53.0 Å². The number of amides is 1. The van der Waals surface area contributed by atoms with Gasteiger partial charge in [-0.15, -0.1) is 0 Å². The normalized spacial score (nSPS) is 21.6. The summed E-state index contributed by atoms with van der Waals surface area (Å²) in [4.78, 5) is 11.8. The molecule has 0 aliphatic carbocycles. The molecule has 1 atom stereocenters. The summed E-state index contributed by atoms with van der Waals surface area (Å²) in [5.41, 5.74) is 0.318. The lowest BCUT2D eigenvalue weighted by Crippen LogP contribution is -2.40. The van der Waals surface area contributed by atoms with Crippen LogP contribution in [0.3, 0.4) is 0 Å². The molecule has 2 N–H and O–H groups in total. The molecule has 1 aliphatic heterocycles. The average Bonchev–Trinajstić information content (AvgIpc) is 2.64. The lowest BCUT2D eigenvalue weighted by molar-refractivity contribution is 0.0476. The summed E-state index contributed by atoms with van der Waals surface area (Å²) in [5.74, 6) is -0.254. The highest BCUT2D eigenvalue weighted by molar-refractivity contribution is 9.10. The third-order valence-corrected chi connectivity index (χ3v) is 3.65. The Morgan fingerprint density at radius 3 is 2.44 bits per heavy atom. The van der Waals surface area contributed by atoms with Gasteiger partial charge in [0.05, 0.1) is 0 Å². The summed E-state index contributed by atoms with van der Waals surface area (Å²) >= 11 is 3.35. The molecule has 0 fully saturated rings. The number of halogens is 1. The van der Waals surface area contributed by atoms with Crippen LogP contribution in [-0.2, 0) is 5.72 Å². The molecule has 3 nitrogen and oxygen atoms in total. The van der Waals surface area contributed by atoms with Crippen molar-refractivity contribution in [1.82, 2.24) is 5.32 Å². The highest BCUT2D eigenvalue weighted by atomic mass is 79.9. The molecule has 18 heavy (non-hydrogen) atoms. The first-order valence-corrected chi connectivity index (χ1v) is 6.31. The van der Waals surface area contributed by atoms with Crippen LogP contribution in [0, 0.1) is 0 Å². The first kappa shape index (κ1) is 11.4. The number of nitrogens with one attached hydrogen (secondary N) is 1. The van der Waals surface area contributed by atoms with E-state index in [1.54, 1.807) is 30.3 Å². The van der Waals surface area contributed by atoms with Crippen LogP contribution in [0.1, 0.15) is 21.5 Å². The van der Waals surface area contributed by atoms with Crippen LogP contribution in [0.25, 0.3) is 0 Å². The fourth-order valence-electron chi connectivity index (χ4n) is 2.21. The standard InChI is InChI=1S/C14H10BrNO2/c15-10-7-5-9(6-8-10)14(18)12-4-2-1-3-11(12)13(17)16-14/h1-8,18H,(H,16,17)/t14-/m0/s1. The van der Waals surface area contributed by atoms with Gasteiger partial charge in [0.1, 0.15) is 0 Å². The fourth-order valence-corrected chi connectivity index (χ4v) is 2.48. The maximum atomic E-state index is 11.8. The second-order valence-corrected chi connectivity index (χ2v) is 5.13. The molecule has 90 valence electrons. The summed E-state index contributed by atoms with van der Waals surface area (Å²) in [6.45, 7) is 0. The number of fused-ring (bicyclic) bond motifs is 1. The third kappa shape index (κ3) is 1.57. The van der Waals surface area contributed by atoms with E-state index in [0.29, 0.717) is 16.7 Å². The number of hydrogen-bond donors (Lipinski definition) is 2. The maximum Gasteiger partial charge on any atom is 0.254 e. The van der Waals surface area contributed by atoms with Gasteiger partial charge in [0.25, 0.3) is 5.91 Å². The van der Waals surface area contributed by atoms with Crippen molar-refractivity contribution in [3.8, 4) is 0 Å². The zero-order valence-corrected chi connectivity index (χ0v) is 10.9. The Morgan fingerprint density at radius 1 is 1.06 bits per heavy atom. The fraction of sp³-hybridized carbons (Fsp3) is 0.0714. The minimum Gasteiger partial charge on any atom is -0.363 e.